The molecule has 5 heteroatoms. The first-order chi connectivity index (χ1) is 13.1. The first-order valence-corrected chi connectivity index (χ1v) is 10.2. The van der Waals surface area contributed by atoms with Crippen molar-refractivity contribution in [3.8, 4) is 6.07 Å². The molecule has 2 rings (SSSR count). The minimum absolute atomic E-state index is 0.00183. The number of nitrogens with one attached hydrogen (secondary N) is 3. The molecule has 0 aromatic heterocycles. The quantitative estimate of drug-likeness (QED) is 0.486. The van der Waals surface area contributed by atoms with Crippen LogP contribution in [0.5, 0.6) is 0 Å². The molecule has 3 N–H and O–H groups in total. The number of benzene rings is 1. The lowest BCUT2D eigenvalue weighted by Gasteiger charge is -2.46. The molecule has 1 aromatic carbocycles. The molecule has 1 heterocycles. The Hall–Kier alpha value is -2.32. The maximum Gasteiger partial charge on any atom is 0.267 e. The largest absolute Gasteiger partial charge is 0.387 e. The van der Waals surface area contributed by atoms with Crippen LogP contribution in [-0.4, -0.2) is 23.0 Å². The number of rotatable bonds is 7. The van der Waals surface area contributed by atoms with Gasteiger partial charge in [0.1, 0.15) is 11.6 Å². The lowest BCUT2D eigenvalue weighted by molar-refractivity contribution is -0.112. The maximum atomic E-state index is 12.5. The van der Waals surface area contributed by atoms with E-state index < -0.39 is 0 Å². The van der Waals surface area contributed by atoms with Gasteiger partial charge in [0.2, 0.25) is 0 Å². The summed E-state index contributed by atoms with van der Waals surface area (Å²) in [5.74, 6) is -0.385. The van der Waals surface area contributed by atoms with Crippen molar-refractivity contribution in [2.75, 3.05) is 5.32 Å². The lowest BCUT2D eigenvalue weighted by atomic mass is 9.80. The van der Waals surface area contributed by atoms with Crippen LogP contribution in [0.4, 0.5) is 5.69 Å². The third-order valence-electron chi connectivity index (χ3n) is 5.05. The molecule has 0 unspecified atom stereocenters. The normalized spacial score (nSPS) is 18.9. The van der Waals surface area contributed by atoms with Crippen LogP contribution in [0.2, 0.25) is 0 Å². The van der Waals surface area contributed by atoms with Gasteiger partial charge in [0.25, 0.3) is 5.91 Å². The Morgan fingerprint density at radius 2 is 1.82 bits per heavy atom. The molecular weight excluding hydrogens is 348 g/mol. The number of nitriles is 1. The molecule has 0 aliphatic carbocycles. The van der Waals surface area contributed by atoms with Crippen molar-refractivity contribution in [1.29, 1.82) is 5.26 Å². The van der Waals surface area contributed by atoms with E-state index in [4.69, 9.17) is 0 Å². The Morgan fingerprint density at radius 1 is 1.21 bits per heavy atom. The highest BCUT2D eigenvalue weighted by molar-refractivity contribution is 6.06. The van der Waals surface area contributed by atoms with Crippen molar-refractivity contribution in [1.82, 2.24) is 10.6 Å². The van der Waals surface area contributed by atoms with Gasteiger partial charge in [-0.3, -0.25) is 4.79 Å². The lowest BCUT2D eigenvalue weighted by Crippen LogP contribution is -2.61. The van der Waals surface area contributed by atoms with Crippen LogP contribution in [0, 0.1) is 11.3 Å². The first kappa shape index (κ1) is 22.0. The van der Waals surface area contributed by atoms with Crippen LogP contribution >= 0.6 is 0 Å². The second-order valence-corrected chi connectivity index (χ2v) is 9.09. The van der Waals surface area contributed by atoms with Gasteiger partial charge in [-0.1, -0.05) is 25.5 Å². The van der Waals surface area contributed by atoms with E-state index in [9.17, 15) is 10.1 Å². The maximum absolute atomic E-state index is 12.5. The third-order valence-corrected chi connectivity index (χ3v) is 5.05. The monoisotopic (exact) mass is 382 g/mol. The van der Waals surface area contributed by atoms with Gasteiger partial charge >= 0.3 is 0 Å². The van der Waals surface area contributed by atoms with Gasteiger partial charge in [-0.15, -0.1) is 0 Å². The Kier molecular flexibility index (Phi) is 7.26. The summed E-state index contributed by atoms with van der Waals surface area (Å²) < 4.78 is 0. The smallest absolute Gasteiger partial charge is 0.267 e. The molecule has 1 saturated heterocycles. The number of unbranched alkanes of at least 4 members (excludes halogenated alkanes) is 1. The number of carbonyl (C=O) groups excluding carboxylic acids is 1. The average Bonchev–Trinajstić information content (AvgIpc) is 2.59. The SMILES string of the molecule is CCCCc1ccc(NC(=O)/C(C#N)=C\NC2CC(C)(C)NC(C)(C)C2)cc1. The highest BCUT2D eigenvalue weighted by Crippen LogP contribution is 2.28. The number of nitrogens with zero attached hydrogens (tertiary/aromatic N) is 1. The zero-order valence-corrected chi connectivity index (χ0v) is 17.9. The number of piperidine rings is 1. The molecule has 1 amide bonds. The zero-order valence-electron chi connectivity index (χ0n) is 17.9. The van der Waals surface area contributed by atoms with Crippen molar-refractivity contribution >= 4 is 11.6 Å². The van der Waals surface area contributed by atoms with E-state index in [1.54, 1.807) is 6.20 Å². The molecule has 28 heavy (non-hydrogen) atoms. The van der Waals surface area contributed by atoms with Crippen LogP contribution < -0.4 is 16.0 Å². The predicted octanol–water partition coefficient (Wildman–Crippen LogP) is 4.27. The number of aryl methyl sites for hydroxylation is 1. The molecule has 0 radical (unpaired) electrons. The molecule has 1 aliphatic heterocycles. The van der Waals surface area contributed by atoms with Crippen molar-refractivity contribution in [3.05, 3.63) is 41.6 Å². The van der Waals surface area contributed by atoms with Gasteiger partial charge in [0.05, 0.1) is 0 Å². The first-order valence-electron chi connectivity index (χ1n) is 10.2. The van der Waals surface area contributed by atoms with Crippen molar-refractivity contribution in [3.63, 3.8) is 0 Å². The highest BCUT2D eigenvalue weighted by Gasteiger charge is 2.37. The van der Waals surface area contributed by atoms with Crippen molar-refractivity contribution in [2.45, 2.75) is 83.8 Å². The Labute approximate surface area is 169 Å². The third kappa shape index (κ3) is 6.69. The number of amides is 1. The molecule has 0 atom stereocenters. The van der Waals surface area contributed by atoms with Gasteiger partial charge in [0, 0.05) is 29.0 Å². The molecule has 1 aliphatic rings. The van der Waals surface area contributed by atoms with Crippen LogP contribution in [-0.2, 0) is 11.2 Å². The minimum atomic E-state index is -0.385. The van der Waals surface area contributed by atoms with E-state index in [0.29, 0.717) is 5.69 Å². The molecule has 152 valence electrons. The summed E-state index contributed by atoms with van der Waals surface area (Å²) >= 11 is 0. The highest BCUT2D eigenvalue weighted by atomic mass is 16.1. The summed E-state index contributed by atoms with van der Waals surface area (Å²) in [4.78, 5) is 12.5. The van der Waals surface area contributed by atoms with E-state index >= 15 is 0 Å². The van der Waals surface area contributed by atoms with Crippen LogP contribution in [0.25, 0.3) is 0 Å². The van der Waals surface area contributed by atoms with Gasteiger partial charge < -0.3 is 16.0 Å². The van der Waals surface area contributed by atoms with Crippen LogP contribution in [0.15, 0.2) is 36.0 Å². The molecular formula is C23H34N4O. The fraction of sp³-hybridized carbons (Fsp3) is 0.565. The molecule has 1 aromatic rings. The minimum Gasteiger partial charge on any atom is -0.387 e. The van der Waals surface area contributed by atoms with Crippen molar-refractivity contribution in [2.24, 2.45) is 0 Å². The van der Waals surface area contributed by atoms with Crippen LogP contribution in [0.1, 0.15) is 65.9 Å². The number of hydrogen-bond donors (Lipinski definition) is 3. The van der Waals surface area contributed by atoms with E-state index in [0.717, 1.165) is 32.1 Å². The average molecular weight is 383 g/mol. The molecule has 5 nitrogen and oxygen atoms in total. The summed E-state index contributed by atoms with van der Waals surface area (Å²) in [6.45, 7) is 10.9. The van der Waals surface area contributed by atoms with Gasteiger partial charge in [-0.2, -0.15) is 5.26 Å². The fourth-order valence-corrected chi connectivity index (χ4v) is 4.12. The standard InChI is InChI=1S/C23H34N4O/c1-6-7-8-17-9-11-19(12-10-17)26-21(28)18(15-24)16-25-20-13-22(2,3)27-23(4,5)14-20/h9-12,16,20,25,27H,6-8,13-14H2,1-5H3,(H,26,28)/b18-16-. The van der Waals surface area contributed by atoms with E-state index in [1.165, 1.54) is 5.56 Å². The summed E-state index contributed by atoms with van der Waals surface area (Å²) in [5.41, 5.74) is 2.05. The Morgan fingerprint density at radius 3 is 2.36 bits per heavy atom. The molecule has 1 fully saturated rings. The Balaban J connectivity index is 1.98. The predicted molar refractivity (Wildman–Crippen MR) is 115 cm³/mol. The van der Waals surface area contributed by atoms with Crippen LogP contribution in [0.3, 0.4) is 0 Å². The second kappa shape index (κ2) is 9.25. The molecule has 0 spiro atoms. The summed E-state index contributed by atoms with van der Waals surface area (Å²) in [6, 6.07) is 10.1. The Bertz CT molecular complexity index is 725. The summed E-state index contributed by atoms with van der Waals surface area (Å²) in [5, 5.41) is 19.2. The van der Waals surface area contributed by atoms with E-state index in [1.807, 2.05) is 30.3 Å². The summed E-state index contributed by atoms with van der Waals surface area (Å²) in [7, 11) is 0. The van der Waals surface area contributed by atoms with Gasteiger partial charge in [-0.25, -0.2) is 0 Å². The number of carbonyl (C=O) groups is 1. The van der Waals surface area contributed by atoms with E-state index in [-0.39, 0.29) is 28.6 Å². The summed E-state index contributed by atoms with van der Waals surface area (Å²) in [6.07, 6.45) is 6.77. The topological polar surface area (TPSA) is 77.0 Å². The van der Waals surface area contributed by atoms with Crippen molar-refractivity contribution < 1.29 is 4.79 Å². The number of anilines is 1. The molecule has 0 bridgehead atoms. The molecule has 0 saturated carbocycles. The van der Waals surface area contributed by atoms with Gasteiger partial charge in [-0.05, 0) is 71.1 Å². The van der Waals surface area contributed by atoms with Gasteiger partial charge in [0.15, 0.2) is 0 Å². The second-order valence-electron chi connectivity index (χ2n) is 9.09. The zero-order chi connectivity index (χ0) is 20.8. The van der Waals surface area contributed by atoms with E-state index in [2.05, 4.69) is 50.6 Å². The number of hydrogen-bond acceptors (Lipinski definition) is 4. The fourth-order valence-electron chi connectivity index (χ4n) is 4.12.